The van der Waals surface area contributed by atoms with Crippen LogP contribution < -0.4 is 10.1 Å². The minimum absolute atomic E-state index is 0.0575. The van der Waals surface area contributed by atoms with E-state index >= 15 is 0 Å². The predicted octanol–water partition coefficient (Wildman–Crippen LogP) is 2.62. The highest BCUT2D eigenvalue weighted by Crippen LogP contribution is 2.41. The van der Waals surface area contributed by atoms with Crippen molar-refractivity contribution in [2.24, 2.45) is 0 Å². The molecule has 0 fully saturated rings. The van der Waals surface area contributed by atoms with Crippen molar-refractivity contribution < 1.29 is 19.0 Å². The van der Waals surface area contributed by atoms with E-state index in [0.717, 1.165) is 11.6 Å². The van der Waals surface area contributed by atoms with Crippen molar-refractivity contribution in [1.29, 1.82) is 0 Å². The Kier molecular flexibility index (Phi) is 2.82. The molecule has 5 heteroatoms. The zero-order valence-corrected chi connectivity index (χ0v) is 10.7. The first kappa shape index (κ1) is 12.5. The van der Waals surface area contributed by atoms with Gasteiger partial charge in [0.1, 0.15) is 5.75 Å². The van der Waals surface area contributed by atoms with Gasteiger partial charge in [0, 0.05) is 17.3 Å². The second-order valence-corrected chi connectivity index (χ2v) is 4.56. The van der Waals surface area contributed by atoms with Crippen LogP contribution in [0.2, 0.25) is 0 Å². The summed E-state index contributed by atoms with van der Waals surface area (Å²) < 4.78 is 18.6. The fourth-order valence-corrected chi connectivity index (χ4v) is 2.46. The Morgan fingerprint density at radius 1 is 1.25 bits per heavy atom. The summed E-state index contributed by atoms with van der Waals surface area (Å²) in [6, 6.07) is 9.46. The SMILES string of the molecule is COc1cc(O)c(C2C(=O)Nc3ccccc32)cc1F. The number of halogens is 1. The Morgan fingerprint density at radius 3 is 2.75 bits per heavy atom. The summed E-state index contributed by atoms with van der Waals surface area (Å²) in [5.41, 5.74) is 1.63. The number of fused-ring (bicyclic) bond motifs is 1. The van der Waals surface area contributed by atoms with Gasteiger partial charge in [-0.1, -0.05) is 18.2 Å². The standard InChI is InChI=1S/C15H12FNO3/c1-20-13-7-12(18)9(6-10(13)16)14-8-4-2-3-5-11(8)17-15(14)19/h2-7,14,18H,1H3,(H,17,19). The highest BCUT2D eigenvalue weighted by molar-refractivity contribution is 6.05. The van der Waals surface area contributed by atoms with Crippen molar-refractivity contribution >= 4 is 11.6 Å². The summed E-state index contributed by atoms with van der Waals surface area (Å²) in [7, 11) is 1.31. The normalized spacial score (nSPS) is 16.7. The van der Waals surface area contributed by atoms with E-state index in [1.165, 1.54) is 13.2 Å². The number of hydrogen-bond donors (Lipinski definition) is 2. The van der Waals surface area contributed by atoms with Crippen LogP contribution in [0.1, 0.15) is 17.0 Å². The van der Waals surface area contributed by atoms with E-state index in [1.54, 1.807) is 24.3 Å². The number of ether oxygens (including phenoxy) is 1. The number of methoxy groups -OCH3 is 1. The minimum Gasteiger partial charge on any atom is -0.507 e. The molecule has 0 bridgehead atoms. The van der Waals surface area contributed by atoms with Gasteiger partial charge in [-0.2, -0.15) is 0 Å². The number of carbonyl (C=O) groups excluding carboxylic acids is 1. The maximum Gasteiger partial charge on any atom is 0.236 e. The Morgan fingerprint density at radius 2 is 2.00 bits per heavy atom. The topological polar surface area (TPSA) is 58.6 Å². The van der Waals surface area contributed by atoms with Crippen LogP contribution in [0.3, 0.4) is 0 Å². The fourth-order valence-electron chi connectivity index (χ4n) is 2.46. The van der Waals surface area contributed by atoms with E-state index in [0.29, 0.717) is 5.69 Å². The molecule has 1 unspecified atom stereocenters. The van der Waals surface area contributed by atoms with Crippen molar-refractivity contribution in [3.05, 3.63) is 53.3 Å². The fraction of sp³-hybridized carbons (Fsp3) is 0.133. The zero-order chi connectivity index (χ0) is 14.3. The number of benzene rings is 2. The molecule has 1 aliphatic heterocycles. The number of amides is 1. The maximum atomic E-state index is 13.8. The van der Waals surface area contributed by atoms with Crippen molar-refractivity contribution in [3.8, 4) is 11.5 Å². The summed E-state index contributed by atoms with van der Waals surface area (Å²) in [5, 5.41) is 12.7. The highest BCUT2D eigenvalue weighted by atomic mass is 19.1. The van der Waals surface area contributed by atoms with Crippen LogP contribution in [-0.4, -0.2) is 18.1 Å². The number of phenols is 1. The number of phenolic OH excluding ortho intramolecular Hbond substituents is 1. The minimum atomic E-state index is -0.716. The molecule has 0 aromatic heterocycles. The quantitative estimate of drug-likeness (QED) is 0.884. The summed E-state index contributed by atoms with van der Waals surface area (Å²) in [4.78, 5) is 12.1. The lowest BCUT2D eigenvalue weighted by molar-refractivity contribution is -0.116. The van der Waals surface area contributed by atoms with Crippen LogP contribution >= 0.6 is 0 Å². The van der Waals surface area contributed by atoms with E-state index < -0.39 is 11.7 Å². The van der Waals surface area contributed by atoms with E-state index in [2.05, 4.69) is 5.32 Å². The first-order chi connectivity index (χ1) is 9.61. The summed E-state index contributed by atoms with van der Waals surface area (Å²) >= 11 is 0. The number of para-hydroxylation sites is 1. The smallest absolute Gasteiger partial charge is 0.236 e. The summed E-state index contributed by atoms with van der Waals surface area (Å²) in [6.45, 7) is 0. The average molecular weight is 273 g/mol. The second-order valence-electron chi connectivity index (χ2n) is 4.56. The molecule has 102 valence electrons. The average Bonchev–Trinajstić information content (AvgIpc) is 2.77. The van der Waals surface area contributed by atoms with Gasteiger partial charge >= 0.3 is 0 Å². The molecule has 20 heavy (non-hydrogen) atoms. The molecule has 0 aliphatic carbocycles. The molecule has 2 N–H and O–H groups in total. The number of carbonyl (C=O) groups is 1. The van der Waals surface area contributed by atoms with E-state index in [9.17, 15) is 14.3 Å². The highest BCUT2D eigenvalue weighted by Gasteiger charge is 2.34. The van der Waals surface area contributed by atoms with Crippen LogP contribution in [-0.2, 0) is 4.79 Å². The lowest BCUT2D eigenvalue weighted by Gasteiger charge is -2.13. The molecule has 0 spiro atoms. The monoisotopic (exact) mass is 273 g/mol. The van der Waals surface area contributed by atoms with E-state index in [1.807, 2.05) is 0 Å². The van der Waals surface area contributed by atoms with Gasteiger partial charge in [0.05, 0.1) is 13.0 Å². The third-order valence-electron chi connectivity index (χ3n) is 3.40. The molecule has 0 saturated carbocycles. The van der Waals surface area contributed by atoms with Crippen LogP contribution in [0.4, 0.5) is 10.1 Å². The number of rotatable bonds is 2. The van der Waals surface area contributed by atoms with Gasteiger partial charge in [-0.15, -0.1) is 0 Å². The number of aromatic hydroxyl groups is 1. The van der Waals surface area contributed by atoms with Gasteiger partial charge in [0.2, 0.25) is 5.91 Å². The predicted molar refractivity (Wildman–Crippen MR) is 71.5 cm³/mol. The third-order valence-corrected chi connectivity index (χ3v) is 3.40. The Bertz CT molecular complexity index is 700. The van der Waals surface area contributed by atoms with Crippen molar-refractivity contribution in [1.82, 2.24) is 0 Å². The number of anilines is 1. The first-order valence-electron chi connectivity index (χ1n) is 6.08. The van der Waals surface area contributed by atoms with Gasteiger partial charge in [0.15, 0.2) is 11.6 Å². The van der Waals surface area contributed by atoms with Gasteiger partial charge in [-0.3, -0.25) is 4.79 Å². The Labute approximate surface area is 114 Å². The number of nitrogens with one attached hydrogen (secondary N) is 1. The first-order valence-corrected chi connectivity index (χ1v) is 6.08. The molecule has 4 nitrogen and oxygen atoms in total. The van der Waals surface area contributed by atoms with Crippen LogP contribution in [0, 0.1) is 5.82 Å². The lowest BCUT2D eigenvalue weighted by atomic mass is 9.91. The molecule has 3 rings (SSSR count). The van der Waals surface area contributed by atoms with Crippen LogP contribution in [0.25, 0.3) is 0 Å². The van der Waals surface area contributed by atoms with Crippen molar-refractivity contribution in [3.63, 3.8) is 0 Å². The molecule has 0 radical (unpaired) electrons. The van der Waals surface area contributed by atoms with Gasteiger partial charge in [-0.05, 0) is 17.7 Å². The van der Waals surface area contributed by atoms with Crippen molar-refractivity contribution in [2.75, 3.05) is 12.4 Å². The van der Waals surface area contributed by atoms with Gasteiger partial charge in [0.25, 0.3) is 0 Å². The largest absolute Gasteiger partial charge is 0.507 e. The molecule has 2 aromatic carbocycles. The third kappa shape index (κ3) is 1.79. The molecule has 0 saturated heterocycles. The molecule has 1 heterocycles. The molecule has 1 amide bonds. The van der Waals surface area contributed by atoms with Gasteiger partial charge < -0.3 is 15.2 Å². The summed E-state index contributed by atoms with van der Waals surface area (Å²) in [6.07, 6.45) is 0. The van der Waals surface area contributed by atoms with Crippen LogP contribution in [0.15, 0.2) is 36.4 Å². The number of hydrogen-bond acceptors (Lipinski definition) is 3. The maximum absolute atomic E-state index is 13.8. The molecular weight excluding hydrogens is 261 g/mol. The van der Waals surface area contributed by atoms with E-state index in [4.69, 9.17) is 4.74 Å². The zero-order valence-electron chi connectivity index (χ0n) is 10.7. The second kappa shape index (κ2) is 4.52. The molecule has 1 atom stereocenters. The summed E-state index contributed by atoms with van der Waals surface area (Å²) in [5.74, 6) is -1.84. The molecule has 1 aliphatic rings. The van der Waals surface area contributed by atoms with Crippen molar-refractivity contribution in [2.45, 2.75) is 5.92 Å². The van der Waals surface area contributed by atoms with Gasteiger partial charge in [-0.25, -0.2) is 4.39 Å². The molecular formula is C15H12FNO3. The lowest BCUT2D eigenvalue weighted by Crippen LogP contribution is -2.13. The Hall–Kier alpha value is -2.56. The molecule has 2 aromatic rings. The van der Waals surface area contributed by atoms with Crippen LogP contribution in [0.5, 0.6) is 11.5 Å². The van der Waals surface area contributed by atoms with E-state index in [-0.39, 0.29) is 23.0 Å². The Balaban J connectivity index is 2.14.